The molecule has 0 saturated carbocycles. The van der Waals surface area contributed by atoms with Crippen LogP contribution in [0.5, 0.6) is 0 Å². The summed E-state index contributed by atoms with van der Waals surface area (Å²) < 4.78 is 31.8. The third kappa shape index (κ3) is 4.92. The average molecular weight is 450 g/mol. The van der Waals surface area contributed by atoms with Gasteiger partial charge in [0.15, 0.2) is 0 Å². The number of halogens is 1. The molecule has 160 valence electrons. The van der Waals surface area contributed by atoms with Gasteiger partial charge in [-0.1, -0.05) is 31.0 Å². The predicted octanol–water partition coefficient (Wildman–Crippen LogP) is 3.09. The molecule has 0 atom stereocenters. The number of benzene rings is 1. The molecule has 30 heavy (non-hydrogen) atoms. The Balaban J connectivity index is 1.89. The van der Waals surface area contributed by atoms with E-state index >= 15 is 0 Å². The number of carbonyl (C=O) groups excluding carboxylic acids is 1. The molecule has 2 heterocycles. The molecule has 3 aromatic rings. The fourth-order valence-corrected chi connectivity index (χ4v) is 4.16. The first-order valence-electron chi connectivity index (χ1n) is 9.52. The van der Waals surface area contributed by atoms with E-state index < -0.39 is 16.1 Å². The minimum absolute atomic E-state index is 0.276. The van der Waals surface area contributed by atoms with Crippen LogP contribution in [0.25, 0.3) is 22.8 Å². The third-order valence-corrected chi connectivity index (χ3v) is 5.87. The summed E-state index contributed by atoms with van der Waals surface area (Å²) in [5.41, 5.74) is 2.29. The molecule has 0 fully saturated rings. The van der Waals surface area contributed by atoms with Crippen molar-refractivity contribution in [2.75, 3.05) is 6.54 Å². The molecule has 3 rings (SSSR count). The topological polar surface area (TPSA) is 98.0 Å². The van der Waals surface area contributed by atoms with Gasteiger partial charge in [-0.05, 0) is 37.6 Å². The van der Waals surface area contributed by atoms with Crippen LogP contribution in [-0.4, -0.2) is 35.2 Å². The van der Waals surface area contributed by atoms with Gasteiger partial charge < -0.3 is 4.57 Å². The second-order valence-corrected chi connectivity index (χ2v) is 8.82. The lowest BCUT2D eigenvalue weighted by atomic mass is 10.2. The standard InChI is InChI=1S/C20H24ClN5O3S/c1-4-5-11-22-30(28,29)24-19(27)9-8-17-14(2)23-25(3)20(17)26-12-10-15-6-7-16(21)13-18(15)26/h6-10,12-13,22H,4-5,11H2,1-3H3,(H,24,27). The highest BCUT2D eigenvalue weighted by Gasteiger charge is 2.16. The van der Waals surface area contributed by atoms with Crippen LogP contribution >= 0.6 is 11.6 Å². The number of hydrogen-bond donors (Lipinski definition) is 2. The van der Waals surface area contributed by atoms with Gasteiger partial charge in [0, 0.05) is 41.8 Å². The molecule has 8 nitrogen and oxygen atoms in total. The number of aryl methyl sites for hydroxylation is 2. The van der Waals surface area contributed by atoms with E-state index in [1.807, 2.05) is 53.6 Å². The van der Waals surface area contributed by atoms with Crippen molar-refractivity contribution >= 4 is 44.7 Å². The van der Waals surface area contributed by atoms with E-state index in [-0.39, 0.29) is 6.54 Å². The number of rotatable bonds is 8. The molecule has 0 bridgehead atoms. The largest absolute Gasteiger partial charge is 0.301 e. The molecule has 1 aromatic carbocycles. The van der Waals surface area contributed by atoms with Crippen molar-refractivity contribution in [3.63, 3.8) is 0 Å². The monoisotopic (exact) mass is 449 g/mol. The van der Waals surface area contributed by atoms with Gasteiger partial charge in [0.2, 0.25) is 0 Å². The summed E-state index contributed by atoms with van der Waals surface area (Å²) in [5.74, 6) is -0.00800. The van der Waals surface area contributed by atoms with Crippen LogP contribution in [0.3, 0.4) is 0 Å². The van der Waals surface area contributed by atoms with Crippen LogP contribution in [-0.2, 0) is 22.1 Å². The van der Waals surface area contributed by atoms with Crippen molar-refractivity contribution < 1.29 is 13.2 Å². The number of amides is 1. The van der Waals surface area contributed by atoms with E-state index in [1.54, 1.807) is 17.8 Å². The van der Waals surface area contributed by atoms with Crippen LogP contribution < -0.4 is 9.44 Å². The summed E-state index contributed by atoms with van der Waals surface area (Å²) >= 11 is 6.16. The minimum Gasteiger partial charge on any atom is -0.301 e. The van der Waals surface area contributed by atoms with Gasteiger partial charge in [-0.15, -0.1) is 0 Å². The Labute approximate surface area is 180 Å². The molecule has 10 heteroatoms. The molecular formula is C20H24ClN5O3S. The number of aromatic nitrogens is 3. The molecule has 0 saturated heterocycles. The first-order chi connectivity index (χ1) is 14.2. The average Bonchev–Trinajstić information content (AvgIpc) is 3.18. The second-order valence-electron chi connectivity index (χ2n) is 6.89. The van der Waals surface area contributed by atoms with Gasteiger partial charge in [-0.25, -0.2) is 4.72 Å². The Bertz CT molecular complexity index is 1210. The molecule has 0 spiro atoms. The van der Waals surface area contributed by atoms with E-state index in [9.17, 15) is 13.2 Å². The SMILES string of the molecule is CCCCNS(=O)(=O)NC(=O)C=Cc1c(C)nn(C)c1-n1ccc2ccc(Cl)cc21. The van der Waals surface area contributed by atoms with Crippen molar-refractivity contribution in [3.05, 3.63) is 52.8 Å². The number of hydrogen-bond acceptors (Lipinski definition) is 4. The summed E-state index contributed by atoms with van der Waals surface area (Å²) in [4.78, 5) is 12.2. The van der Waals surface area contributed by atoms with Gasteiger partial charge >= 0.3 is 10.2 Å². The highest BCUT2D eigenvalue weighted by Crippen LogP contribution is 2.27. The molecule has 0 aliphatic carbocycles. The lowest BCUT2D eigenvalue weighted by Crippen LogP contribution is -2.39. The Morgan fingerprint density at radius 3 is 2.80 bits per heavy atom. The molecule has 0 aliphatic rings. The quantitative estimate of drug-likeness (QED) is 0.408. The summed E-state index contributed by atoms with van der Waals surface area (Å²) in [6.45, 7) is 4.05. The van der Waals surface area contributed by atoms with Gasteiger partial charge in [0.25, 0.3) is 5.91 Å². The molecule has 0 radical (unpaired) electrons. The molecule has 0 aliphatic heterocycles. The highest BCUT2D eigenvalue weighted by atomic mass is 35.5. The first-order valence-corrected chi connectivity index (χ1v) is 11.4. The van der Waals surface area contributed by atoms with Crippen molar-refractivity contribution in [2.24, 2.45) is 7.05 Å². The summed E-state index contributed by atoms with van der Waals surface area (Å²) in [5, 5.41) is 6.07. The minimum atomic E-state index is -3.89. The smallest absolute Gasteiger partial charge is 0.301 e. The fraction of sp³-hybridized carbons (Fsp3) is 0.300. The van der Waals surface area contributed by atoms with E-state index in [0.717, 1.165) is 23.1 Å². The zero-order valence-electron chi connectivity index (χ0n) is 17.0. The van der Waals surface area contributed by atoms with E-state index in [4.69, 9.17) is 11.6 Å². The summed E-state index contributed by atoms with van der Waals surface area (Å²) in [6, 6.07) is 7.57. The Kier molecular flexibility index (Phi) is 6.64. The maximum absolute atomic E-state index is 12.2. The number of carbonyl (C=O) groups is 1. The number of fused-ring (bicyclic) bond motifs is 1. The molecule has 2 N–H and O–H groups in total. The van der Waals surface area contributed by atoms with Gasteiger partial charge in [0.05, 0.1) is 11.2 Å². The zero-order valence-corrected chi connectivity index (χ0v) is 18.6. The lowest BCUT2D eigenvalue weighted by Gasteiger charge is -2.08. The van der Waals surface area contributed by atoms with E-state index in [0.29, 0.717) is 22.7 Å². The molecule has 0 unspecified atom stereocenters. The first kappa shape index (κ1) is 22.1. The normalized spacial score (nSPS) is 12.1. The third-order valence-electron chi connectivity index (χ3n) is 4.58. The maximum atomic E-state index is 12.2. The Morgan fingerprint density at radius 2 is 2.07 bits per heavy atom. The van der Waals surface area contributed by atoms with Crippen molar-refractivity contribution in [1.29, 1.82) is 0 Å². The highest BCUT2D eigenvalue weighted by molar-refractivity contribution is 7.88. The van der Waals surface area contributed by atoms with Crippen LogP contribution in [0.15, 0.2) is 36.5 Å². The van der Waals surface area contributed by atoms with Crippen molar-refractivity contribution in [3.8, 4) is 5.82 Å². The fourth-order valence-electron chi connectivity index (χ4n) is 3.17. The maximum Gasteiger partial charge on any atom is 0.301 e. The van der Waals surface area contributed by atoms with Crippen molar-refractivity contribution in [1.82, 2.24) is 23.8 Å². The molecule has 1 amide bonds. The van der Waals surface area contributed by atoms with E-state index in [1.165, 1.54) is 6.08 Å². The van der Waals surface area contributed by atoms with Crippen LogP contribution in [0.2, 0.25) is 5.02 Å². The summed E-state index contributed by atoms with van der Waals surface area (Å²) in [6.07, 6.45) is 6.18. The summed E-state index contributed by atoms with van der Waals surface area (Å²) in [7, 11) is -2.09. The second kappa shape index (κ2) is 9.03. The van der Waals surface area contributed by atoms with Crippen LogP contribution in [0.1, 0.15) is 31.0 Å². The van der Waals surface area contributed by atoms with Gasteiger partial charge in [0.1, 0.15) is 5.82 Å². The van der Waals surface area contributed by atoms with Crippen LogP contribution in [0.4, 0.5) is 0 Å². The number of unbranched alkanes of at least 4 members (excludes halogenated alkanes) is 1. The van der Waals surface area contributed by atoms with Gasteiger partial charge in [-0.2, -0.15) is 18.2 Å². The van der Waals surface area contributed by atoms with Crippen molar-refractivity contribution in [2.45, 2.75) is 26.7 Å². The number of nitrogens with one attached hydrogen (secondary N) is 2. The molecular weight excluding hydrogens is 426 g/mol. The zero-order chi connectivity index (χ0) is 21.9. The predicted molar refractivity (Wildman–Crippen MR) is 119 cm³/mol. The number of nitrogens with zero attached hydrogens (tertiary/aromatic N) is 3. The van der Waals surface area contributed by atoms with E-state index in [2.05, 4.69) is 9.82 Å². The van der Waals surface area contributed by atoms with Crippen LogP contribution in [0, 0.1) is 6.92 Å². The Hall–Kier alpha value is -2.62. The Morgan fingerprint density at radius 1 is 1.30 bits per heavy atom. The lowest BCUT2D eigenvalue weighted by molar-refractivity contribution is -0.114. The molecule has 2 aromatic heterocycles. The van der Waals surface area contributed by atoms with Gasteiger partial charge in [-0.3, -0.25) is 9.48 Å².